The monoisotopic (exact) mass is 387 g/mol. The molecule has 0 aliphatic rings. The Bertz CT molecular complexity index is 1010. The lowest BCUT2D eigenvalue weighted by Gasteiger charge is -2.22. The Labute approximate surface area is 168 Å². The number of nitrogens with zero attached hydrogens (tertiary/aromatic N) is 2. The molecule has 1 atom stereocenters. The van der Waals surface area contributed by atoms with Crippen LogP contribution in [0, 0.1) is 17.2 Å². The fraction of sp³-hybridized carbons (Fsp3) is 0.174. The summed E-state index contributed by atoms with van der Waals surface area (Å²) in [5, 5.41) is 21.1. The minimum atomic E-state index is -1.16. The Hall–Kier alpha value is -3.10. The predicted octanol–water partition coefficient (Wildman–Crippen LogP) is 4.15. The van der Waals surface area contributed by atoms with Crippen LogP contribution < -0.4 is 5.11 Å². The number of carboxylic acids is 1. The number of carbonyl (C=O) groups excluding carboxylic acids is 1. The Balaban J connectivity index is 2.22. The van der Waals surface area contributed by atoms with Crippen LogP contribution in [0.2, 0.25) is 0 Å². The van der Waals surface area contributed by atoms with Crippen LogP contribution in [0.25, 0.3) is 22.4 Å². The zero-order valence-corrected chi connectivity index (χ0v) is 16.4. The van der Waals surface area contributed by atoms with Crippen molar-refractivity contribution in [1.29, 1.82) is 5.26 Å². The number of pyridine rings is 1. The molecule has 0 aliphatic carbocycles. The Morgan fingerprint density at radius 2 is 1.61 bits per heavy atom. The van der Waals surface area contributed by atoms with E-state index in [-0.39, 0.29) is 5.92 Å². The van der Waals surface area contributed by atoms with E-state index in [2.05, 4.69) is 11.1 Å². The molecule has 0 aliphatic heterocycles. The quantitative estimate of drug-likeness (QED) is 0.594. The highest BCUT2D eigenvalue weighted by Gasteiger charge is 2.22. The summed E-state index contributed by atoms with van der Waals surface area (Å²) < 4.78 is 0. The van der Waals surface area contributed by atoms with E-state index in [0.29, 0.717) is 16.3 Å². The summed E-state index contributed by atoms with van der Waals surface area (Å²) in [7, 11) is 0. The van der Waals surface area contributed by atoms with Gasteiger partial charge in [-0.1, -0.05) is 86.3 Å². The molecule has 5 heteroatoms. The lowest BCUT2D eigenvalue weighted by Crippen LogP contribution is -2.36. The molecule has 140 valence electrons. The van der Waals surface area contributed by atoms with Crippen LogP contribution in [0.3, 0.4) is 0 Å². The highest BCUT2D eigenvalue weighted by atomic mass is 32.2. The van der Waals surface area contributed by atoms with Crippen LogP contribution in [-0.2, 0) is 4.79 Å². The molecule has 0 fully saturated rings. The number of aromatic nitrogens is 1. The average molecular weight is 387 g/mol. The van der Waals surface area contributed by atoms with Gasteiger partial charge >= 0.3 is 0 Å². The maximum Gasteiger partial charge on any atom is 0.116 e. The molecule has 0 amide bonds. The molecule has 0 radical (unpaired) electrons. The second kappa shape index (κ2) is 8.73. The van der Waals surface area contributed by atoms with Gasteiger partial charge in [-0.15, -0.1) is 0 Å². The molecule has 0 N–H and O–H groups in total. The van der Waals surface area contributed by atoms with Crippen LogP contribution in [0.5, 0.6) is 0 Å². The SMILES string of the molecule is CC(C)[C@@H](Sc1nc(-c2ccccc2)cc(-c2ccccc2)c1C#N)C(=O)[O-]. The third kappa shape index (κ3) is 4.24. The van der Waals surface area contributed by atoms with E-state index >= 15 is 0 Å². The number of aliphatic carboxylic acids is 1. The van der Waals surface area contributed by atoms with Gasteiger partial charge in [0.25, 0.3) is 0 Å². The van der Waals surface area contributed by atoms with Gasteiger partial charge in [0.15, 0.2) is 0 Å². The van der Waals surface area contributed by atoms with Crippen molar-refractivity contribution in [2.24, 2.45) is 5.92 Å². The van der Waals surface area contributed by atoms with Gasteiger partial charge in [0.2, 0.25) is 0 Å². The van der Waals surface area contributed by atoms with Crippen molar-refractivity contribution in [2.75, 3.05) is 0 Å². The lowest BCUT2D eigenvalue weighted by molar-refractivity contribution is -0.305. The minimum Gasteiger partial charge on any atom is -0.549 e. The first-order chi connectivity index (χ1) is 13.5. The average Bonchev–Trinajstić information content (AvgIpc) is 2.72. The molecule has 0 spiro atoms. The van der Waals surface area contributed by atoms with Gasteiger partial charge in [-0.05, 0) is 17.5 Å². The molecule has 0 bridgehead atoms. The normalized spacial score (nSPS) is 11.8. The van der Waals surface area contributed by atoms with Crippen LogP contribution in [0.1, 0.15) is 19.4 Å². The number of hydrogen-bond donors (Lipinski definition) is 0. The Morgan fingerprint density at radius 1 is 1.04 bits per heavy atom. The van der Waals surface area contributed by atoms with Crippen LogP contribution in [0.4, 0.5) is 0 Å². The zero-order chi connectivity index (χ0) is 20.1. The molecule has 0 unspecified atom stereocenters. The van der Waals surface area contributed by atoms with E-state index in [1.807, 2.05) is 80.6 Å². The second-order valence-corrected chi connectivity index (χ2v) is 7.81. The molecule has 1 aromatic heterocycles. The van der Waals surface area contributed by atoms with Gasteiger partial charge in [-0.3, -0.25) is 0 Å². The van der Waals surface area contributed by atoms with Gasteiger partial charge in [-0.25, -0.2) is 4.98 Å². The third-order valence-corrected chi connectivity index (χ3v) is 5.84. The Morgan fingerprint density at radius 3 is 2.11 bits per heavy atom. The summed E-state index contributed by atoms with van der Waals surface area (Å²) in [6, 6.07) is 23.3. The van der Waals surface area contributed by atoms with E-state index in [1.54, 1.807) is 0 Å². The predicted molar refractivity (Wildman–Crippen MR) is 109 cm³/mol. The van der Waals surface area contributed by atoms with Gasteiger partial charge in [0.05, 0.1) is 22.5 Å². The number of thioether (sulfide) groups is 1. The molecule has 1 heterocycles. The van der Waals surface area contributed by atoms with Crippen molar-refractivity contribution in [2.45, 2.75) is 24.1 Å². The molecule has 28 heavy (non-hydrogen) atoms. The number of hydrogen-bond acceptors (Lipinski definition) is 5. The summed E-state index contributed by atoms with van der Waals surface area (Å²) in [6.07, 6.45) is 0. The van der Waals surface area contributed by atoms with Crippen LogP contribution in [-0.4, -0.2) is 16.2 Å². The van der Waals surface area contributed by atoms with Crippen molar-refractivity contribution in [3.05, 3.63) is 72.3 Å². The van der Waals surface area contributed by atoms with Gasteiger partial charge in [-0.2, -0.15) is 5.26 Å². The van der Waals surface area contributed by atoms with E-state index in [1.165, 1.54) is 0 Å². The number of benzene rings is 2. The maximum absolute atomic E-state index is 11.6. The molecule has 4 nitrogen and oxygen atoms in total. The van der Waals surface area contributed by atoms with Crippen molar-refractivity contribution >= 4 is 17.7 Å². The largest absolute Gasteiger partial charge is 0.549 e. The van der Waals surface area contributed by atoms with E-state index in [9.17, 15) is 15.2 Å². The van der Waals surface area contributed by atoms with Gasteiger partial charge < -0.3 is 9.90 Å². The highest BCUT2D eigenvalue weighted by Crippen LogP contribution is 2.36. The number of carboxylic acid groups (broad SMARTS) is 1. The topological polar surface area (TPSA) is 76.8 Å². The molecule has 0 saturated carbocycles. The standard InChI is InChI=1S/C23H20N2O2S/c1-15(2)21(23(26)27)28-22-19(14-24)18(16-9-5-3-6-10-16)13-20(25-22)17-11-7-4-8-12-17/h3-13,15,21H,1-2H3,(H,26,27)/p-1/t21-/m1/s1. The van der Waals surface area contributed by atoms with Crippen molar-refractivity contribution < 1.29 is 9.90 Å². The molecular formula is C23H19N2O2S-. The first kappa shape index (κ1) is 19.7. The molecule has 0 saturated heterocycles. The number of nitriles is 1. The van der Waals surface area contributed by atoms with E-state index < -0.39 is 11.2 Å². The first-order valence-corrected chi connectivity index (χ1v) is 9.82. The minimum absolute atomic E-state index is 0.163. The number of carbonyl (C=O) groups is 1. The maximum atomic E-state index is 11.6. The fourth-order valence-electron chi connectivity index (χ4n) is 2.89. The second-order valence-electron chi connectivity index (χ2n) is 6.68. The van der Waals surface area contributed by atoms with Gasteiger partial charge in [0, 0.05) is 11.1 Å². The van der Waals surface area contributed by atoms with E-state index in [4.69, 9.17) is 0 Å². The van der Waals surface area contributed by atoms with Crippen molar-refractivity contribution in [3.63, 3.8) is 0 Å². The molecule has 2 aromatic carbocycles. The summed E-state index contributed by atoms with van der Waals surface area (Å²) in [6.45, 7) is 3.64. The molecule has 3 aromatic rings. The van der Waals surface area contributed by atoms with E-state index in [0.717, 1.165) is 28.5 Å². The summed E-state index contributed by atoms with van der Waals surface area (Å²) >= 11 is 1.08. The molecular weight excluding hydrogens is 368 g/mol. The molecule has 3 rings (SSSR count). The zero-order valence-electron chi connectivity index (χ0n) is 15.6. The Kier molecular flexibility index (Phi) is 6.13. The summed E-state index contributed by atoms with van der Waals surface area (Å²) in [5.74, 6) is -1.32. The van der Waals surface area contributed by atoms with Crippen molar-refractivity contribution in [3.8, 4) is 28.5 Å². The smallest absolute Gasteiger partial charge is 0.116 e. The van der Waals surface area contributed by atoms with Gasteiger partial charge in [0.1, 0.15) is 11.1 Å². The van der Waals surface area contributed by atoms with Crippen molar-refractivity contribution in [1.82, 2.24) is 4.98 Å². The fourth-order valence-corrected chi connectivity index (χ4v) is 3.93. The lowest BCUT2D eigenvalue weighted by atomic mass is 9.99. The summed E-state index contributed by atoms with van der Waals surface area (Å²) in [5.41, 5.74) is 3.60. The van der Waals surface area contributed by atoms with Crippen LogP contribution >= 0.6 is 11.8 Å². The van der Waals surface area contributed by atoms with Crippen LogP contribution in [0.15, 0.2) is 71.8 Å². The number of rotatable bonds is 6. The first-order valence-electron chi connectivity index (χ1n) is 8.94. The summed E-state index contributed by atoms with van der Waals surface area (Å²) in [4.78, 5) is 16.3. The highest BCUT2D eigenvalue weighted by molar-refractivity contribution is 8.00. The third-order valence-electron chi connectivity index (χ3n) is 4.33.